The minimum atomic E-state index is -0.599. The second kappa shape index (κ2) is 7.07. The van der Waals surface area contributed by atoms with Crippen LogP contribution in [-0.4, -0.2) is 60.0 Å². The van der Waals surface area contributed by atoms with Gasteiger partial charge in [-0.3, -0.25) is 19.8 Å². The molecule has 0 aromatic heterocycles. The summed E-state index contributed by atoms with van der Waals surface area (Å²) in [5.74, 6) is -1.70. The molecule has 2 saturated heterocycles. The van der Waals surface area contributed by atoms with Crippen LogP contribution in [0.25, 0.3) is 0 Å². The van der Waals surface area contributed by atoms with Crippen LogP contribution >= 0.6 is 23.8 Å². The van der Waals surface area contributed by atoms with Gasteiger partial charge >= 0.3 is 0 Å². The minimum Gasteiger partial charge on any atom is -0.374 e. The van der Waals surface area contributed by atoms with Crippen molar-refractivity contribution in [2.45, 2.75) is 0 Å². The number of nitrogens with one attached hydrogen (secondary N) is 1. The van der Waals surface area contributed by atoms with Crippen LogP contribution in [0.1, 0.15) is 0 Å². The van der Waals surface area contributed by atoms with Crippen LogP contribution < -0.4 is 10.2 Å². The number of nitrogens with zero attached hydrogens (tertiary/aromatic N) is 3. The van der Waals surface area contributed by atoms with Crippen molar-refractivity contribution in [3.05, 3.63) is 40.8 Å². The first-order chi connectivity index (χ1) is 11.9. The fraction of sp³-hybridized carbons (Fsp3) is 0.312. The van der Waals surface area contributed by atoms with Crippen molar-refractivity contribution in [2.75, 3.05) is 38.1 Å². The van der Waals surface area contributed by atoms with Crippen LogP contribution in [0.15, 0.2) is 30.0 Å². The molecule has 132 valence electrons. The van der Waals surface area contributed by atoms with E-state index in [4.69, 9.17) is 23.8 Å². The molecule has 25 heavy (non-hydrogen) atoms. The molecule has 3 rings (SSSR count). The van der Waals surface area contributed by atoms with E-state index in [-0.39, 0.29) is 15.7 Å². The Bertz CT molecular complexity index is 777. The topological polar surface area (TPSA) is 55.9 Å². The summed E-state index contributed by atoms with van der Waals surface area (Å²) in [7, 11) is 2.02. The Hall–Kier alpha value is -2.03. The fourth-order valence-electron chi connectivity index (χ4n) is 2.64. The van der Waals surface area contributed by atoms with Gasteiger partial charge in [-0.1, -0.05) is 11.6 Å². The number of carbonyl (C=O) groups is 2. The van der Waals surface area contributed by atoms with Crippen molar-refractivity contribution in [3.63, 3.8) is 0 Å². The minimum absolute atomic E-state index is 0.0152. The third-order valence-corrected chi connectivity index (χ3v) is 4.69. The number of hydrogen-bond donors (Lipinski definition) is 1. The lowest BCUT2D eigenvalue weighted by atomic mass is 10.1. The van der Waals surface area contributed by atoms with Gasteiger partial charge in [0, 0.05) is 32.4 Å². The van der Waals surface area contributed by atoms with Crippen LogP contribution in [0.3, 0.4) is 0 Å². The molecule has 0 aliphatic carbocycles. The molecule has 1 aromatic carbocycles. The number of piperazine rings is 1. The summed E-state index contributed by atoms with van der Waals surface area (Å²) in [6.45, 7) is 3.12. The van der Waals surface area contributed by atoms with Crippen LogP contribution in [0.2, 0.25) is 5.02 Å². The summed E-state index contributed by atoms with van der Waals surface area (Å²) in [6.07, 6.45) is 1.56. The first-order valence-electron chi connectivity index (χ1n) is 7.66. The van der Waals surface area contributed by atoms with Gasteiger partial charge in [-0.05, 0) is 37.5 Å². The van der Waals surface area contributed by atoms with Gasteiger partial charge in [0.05, 0.1) is 10.7 Å². The molecule has 2 heterocycles. The largest absolute Gasteiger partial charge is 0.374 e. The number of hydrogen-bond acceptors (Lipinski definition) is 5. The molecule has 0 radical (unpaired) electrons. The van der Waals surface area contributed by atoms with Gasteiger partial charge in [0.1, 0.15) is 11.4 Å². The lowest BCUT2D eigenvalue weighted by molar-refractivity contribution is -0.122. The third-order valence-electron chi connectivity index (χ3n) is 4.11. The van der Waals surface area contributed by atoms with Gasteiger partial charge in [0.15, 0.2) is 5.11 Å². The molecule has 2 aliphatic heterocycles. The Morgan fingerprint density at radius 1 is 1.24 bits per heavy atom. The number of amides is 2. The molecule has 2 fully saturated rings. The second-order valence-corrected chi connectivity index (χ2v) is 6.67. The van der Waals surface area contributed by atoms with Gasteiger partial charge in [-0.25, -0.2) is 4.39 Å². The monoisotopic (exact) mass is 382 g/mol. The third kappa shape index (κ3) is 3.65. The molecule has 0 bridgehead atoms. The van der Waals surface area contributed by atoms with Gasteiger partial charge in [0.25, 0.3) is 11.8 Å². The number of anilines is 1. The molecule has 0 spiro atoms. The van der Waals surface area contributed by atoms with E-state index in [1.54, 1.807) is 6.20 Å². The van der Waals surface area contributed by atoms with E-state index in [1.807, 2.05) is 11.9 Å². The Balaban J connectivity index is 1.90. The average Bonchev–Trinajstić information content (AvgIpc) is 2.56. The van der Waals surface area contributed by atoms with Gasteiger partial charge in [-0.2, -0.15) is 0 Å². The van der Waals surface area contributed by atoms with E-state index < -0.39 is 17.6 Å². The van der Waals surface area contributed by atoms with Crippen LogP contribution in [0.4, 0.5) is 10.1 Å². The number of rotatable bonds is 2. The first-order valence-corrected chi connectivity index (χ1v) is 8.44. The lowest BCUT2D eigenvalue weighted by Gasteiger charge is -2.34. The highest BCUT2D eigenvalue weighted by Gasteiger charge is 2.35. The number of thiocarbonyl (C=S) groups is 1. The Kier molecular flexibility index (Phi) is 5.03. The van der Waals surface area contributed by atoms with E-state index in [0.717, 1.165) is 24.1 Å². The molecule has 0 saturated carbocycles. The predicted molar refractivity (Wildman–Crippen MR) is 96.8 cm³/mol. The van der Waals surface area contributed by atoms with Crippen molar-refractivity contribution < 1.29 is 14.0 Å². The van der Waals surface area contributed by atoms with Gasteiger partial charge in [0.2, 0.25) is 0 Å². The van der Waals surface area contributed by atoms with Crippen LogP contribution in [-0.2, 0) is 9.59 Å². The summed E-state index contributed by atoms with van der Waals surface area (Å²) in [5, 5.41) is 2.30. The van der Waals surface area contributed by atoms with Crippen molar-refractivity contribution >= 4 is 46.4 Å². The fourth-order valence-corrected chi connectivity index (χ4v) is 3.09. The van der Waals surface area contributed by atoms with Crippen molar-refractivity contribution in [1.29, 1.82) is 0 Å². The van der Waals surface area contributed by atoms with Crippen molar-refractivity contribution in [3.8, 4) is 0 Å². The number of benzene rings is 1. The highest BCUT2D eigenvalue weighted by Crippen LogP contribution is 2.26. The molecular weight excluding hydrogens is 367 g/mol. The molecule has 0 atom stereocenters. The lowest BCUT2D eigenvalue weighted by Crippen LogP contribution is -2.55. The molecule has 6 nitrogen and oxygen atoms in total. The Morgan fingerprint density at radius 2 is 1.92 bits per heavy atom. The van der Waals surface area contributed by atoms with Crippen LogP contribution in [0.5, 0.6) is 0 Å². The average molecular weight is 383 g/mol. The Labute approximate surface area is 154 Å². The highest BCUT2D eigenvalue weighted by molar-refractivity contribution is 7.80. The maximum Gasteiger partial charge on any atom is 0.271 e. The van der Waals surface area contributed by atoms with E-state index in [1.165, 1.54) is 12.1 Å². The predicted octanol–water partition coefficient (Wildman–Crippen LogP) is 1.36. The zero-order valence-electron chi connectivity index (χ0n) is 13.5. The first kappa shape index (κ1) is 17.8. The van der Waals surface area contributed by atoms with Crippen molar-refractivity contribution in [1.82, 2.24) is 15.1 Å². The maximum atomic E-state index is 13.4. The number of likely N-dealkylation sites (N-methyl/N-ethyl adjacent to an activating group) is 1. The zero-order chi connectivity index (χ0) is 18.1. The molecule has 2 amide bonds. The van der Waals surface area contributed by atoms with Crippen LogP contribution in [0, 0.1) is 5.82 Å². The van der Waals surface area contributed by atoms with E-state index in [2.05, 4.69) is 10.2 Å². The summed E-state index contributed by atoms with van der Waals surface area (Å²) >= 11 is 10.9. The standard InChI is InChI=1S/C16H16ClFN4O2S/c1-20-4-6-21(7-5-20)9-11-14(23)19-16(25)22(15(11)24)10-2-3-13(18)12(17)8-10/h2-3,8-9H,4-7H2,1H3,(H,19,23,25). The highest BCUT2D eigenvalue weighted by atomic mass is 35.5. The van der Waals surface area contributed by atoms with Gasteiger partial charge in [-0.15, -0.1) is 0 Å². The molecule has 9 heteroatoms. The van der Waals surface area contributed by atoms with E-state index in [0.29, 0.717) is 18.8 Å². The normalized spacial score (nSPS) is 21.1. The molecule has 1 N–H and O–H groups in total. The van der Waals surface area contributed by atoms with Gasteiger partial charge < -0.3 is 9.80 Å². The summed E-state index contributed by atoms with van der Waals surface area (Å²) in [4.78, 5) is 30.3. The number of carbonyl (C=O) groups excluding carboxylic acids is 2. The summed E-state index contributed by atoms with van der Waals surface area (Å²) in [5.41, 5.74) is 0.282. The molecule has 2 aliphatic rings. The second-order valence-electron chi connectivity index (χ2n) is 5.88. The maximum absolute atomic E-state index is 13.4. The summed E-state index contributed by atoms with van der Waals surface area (Å²) in [6, 6.07) is 3.83. The SMILES string of the molecule is CN1CCN(C=C2C(=O)NC(=S)N(c3ccc(F)c(Cl)c3)C2=O)CC1. The summed E-state index contributed by atoms with van der Waals surface area (Å²) < 4.78 is 13.4. The molecule has 1 aromatic rings. The van der Waals surface area contributed by atoms with Crippen molar-refractivity contribution in [2.24, 2.45) is 0 Å². The quantitative estimate of drug-likeness (QED) is 0.475. The number of halogens is 2. The smallest absolute Gasteiger partial charge is 0.271 e. The van der Waals surface area contributed by atoms with E-state index in [9.17, 15) is 14.0 Å². The zero-order valence-corrected chi connectivity index (χ0v) is 15.0. The molecule has 0 unspecified atom stereocenters. The van der Waals surface area contributed by atoms with E-state index >= 15 is 0 Å². The molecular formula is C16H16ClFN4O2S. The Morgan fingerprint density at radius 3 is 2.56 bits per heavy atom.